The predicted molar refractivity (Wildman–Crippen MR) is 82.8 cm³/mol. The van der Waals surface area contributed by atoms with E-state index in [1.54, 1.807) is 0 Å². The lowest BCUT2D eigenvalue weighted by atomic mass is 10.4. The first-order valence-electron chi connectivity index (χ1n) is 7.69. The maximum atomic E-state index is 4.51. The van der Waals surface area contributed by atoms with Crippen LogP contribution in [-0.4, -0.2) is 75.2 Å². The van der Waals surface area contributed by atoms with E-state index in [0.29, 0.717) is 0 Å². The van der Waals surface area contributed by atoms with Gasteiger partial charge in [-0.3, -0.25) is 4.99 Å². The first-order valence-corrected chi connectivity index (χ1v) is 7.69. The van der Waals surface area contributed by atoms with E-state index in [4.69, 9.17) is 0 Å². The number of nitrogens with zero attached hydrogens (tertiary/aromatic N) is 3. The van der Waals surface area contributed by atoms with E-state index < -0.39 is 0 Å². The highest BCUT2D eigenvalue weighted by molar-refractivity contribution is 5.79. The van der Waals surface area contributed by atoms with Gasteiger partial charge in [0.2, 0.25) is 0 Å². The van der Waals surface area contributed by atoms with Crippen molar-refractivity contribution in [2.24, 2.45) is 4.99 Å². The fourth-order valence-corrected chi connectivity index (χ4v) is 2.22. The fraction of sp³-hybridized carbons (Fsp3) is 0.929. The van der Waals surface area contributed by atoms with Crippen molar-refractivity contribution in [3.8, 4) is 0 Å². The van der Waals surface area contributed by atoms with Gasteiger partial charge in [0.15, 0.2) is 5.96 Å². The summed E-state index contributed by atoms with van der Waals surface area (Å²) in [4.78, 5) is 9.47. The number of hydrogen-bond acceptors (Lipinski definition) is 3. The molecular formula is C14H31N5. The van der Waals surface area contributed by atoms with Gasteiger partial charge in [0, 0.05) is 39.3 Å². The number of rotatable bonds is 6. The van der Waals surface area contributed by atoms with E-state index >= 15 is 0 Å². The average molecular weight is 269 g/mol. The normalized spacial score (nSPS) is 19.2. The van der Waals surface area contributed by atoms with Crippen molar-refractivity contribution in [3.05, 3.63) is 0 Å². The van der Waals surface area contributed by atoms with Crippen LogP contribution >= 0.6 is 0 Å². The lowest BCUT2D eigenvalue weighted by Crippen LogP contribution is -2.42. The van der Waals surface area contributed by atoms with Crippen molar-refractivity contribution in [1.82, 2.24) is 20.4 Å². The molecule has 1 heterocycles. The van der Waals surface area contributed by atoms with Crippen molar-refractivity contribution >= 4 is 5.96 Å². The van der Waals surface area contributed by atoms with Gasteiger partial charge < -0.3 is 20.4 Å². The number of hydrogen-bond donors (Lipinski definition) is 2. The monoisotopic (exact) mass is 269 g/mol. The zero-order valence-electron chi connectivity index (χ0n) is 12.9. The topological polar surface area (TPSA) is 42.9 Å². The van der Waals surface area contributed by atoms with Gasteiger partial charge in [-0.25, -0.2) is 0 Å². The van der Waals surface area contributed by atoms with Gasteiger partial charge in [-0.2, -0.15) is 0 Å². The zero-order valence-corrected chi connectivity index (χ0v) is 12.9. The molecule has 0 aromatic heterocycles. The smallest absolute Gasteiger partial charge is 0.191 e. The molecule has 0 atom stereocenters. The molecule has 0 aromatic rings. The summed E-state index contributed by atoms with van der Waals surface area (Å²) >= 11 is 0. The Morgan fingerprint density at radius 3 is 2.68 bits per heavy atom. The van der Waals surface area contributed by atoms with Crippen LogP contribution in [0, 0.1) is 0 Å². The minimum Gasteiger partial charge on any atom is -0.357 e. The van der Waals surface area contributed by atoms with E-state index in [-0.39, 0.29) is 0 Å². The molecule has 0 radical (unpaired) electrons. The Labute approximate surface area is 118 Å². The van der Waals surface area contributed by atoms with Gasteiger partial charge in [-0.05, 0) is 39.9 Å². The Hall–Kier alpha value is -0.810. The van der Waals surface area contributed by atoms with Gasteiger partial charge in [-0.1, -0.05) is 6.92 Å². The van der Waals surface area contributed by atoms with Crippen LogP contribution in [0.4, 0.5) is 0 Å². The molecule has 0 amide bonds. The summed E-state index contributed by atoms with van der Waals surface area (Å²) in [6.07, 6.45) is 2.37. The van der Waals surface area contributed by atoms with Gasteiger partial charge >= 0.3 is 0 Å². The van der Waals surface area contributed by atoms with Crippen LogP contribution in [0.1, 0.15) is 26.7 Å². The molecule has 0 bridgehead atoms. The molecule has 5 heteroatoms. The van der Waals surface area contributed by atoms with Crippen molar-refractivity contribution < 1.29 is 0 Å². The minimum absolute atomic E-state index is 0.893. The molecule has 1 saturated heterocycles. The highest BCUT2D eigenvalue weighted by Crippen LogP contribution is 1.99. The Bertz CT molecular complexity index is 254. The summed E-state index contributed by atoms with van der Waals surface area (Å²) in [7, 11) is 2.21. The molecule has 1 aliphatic rings. The predicted octanol–water partition coefficient (Wildman–Crippen LogP) is 0.589. The van der Waals surface area contributed by atoms with Crippen molar-refractivity contribution in [1.29, 1.82) is 0 Å². The molecule has 0 aromatic carbocycles. The third kappa shape index (κ3) is 7.38. The van der Waals surface area contributed by atoms with Gasteiger partial charge in [0.25, 0.3) is 0 Å². The Morgan fingerprint density at radius 2 is 1.95 bits per heavy atom. The number of nitrogens with one attached hydrogen (secondary N) is 2. The molecule has 1 aliphatic heterocycles. The molecule has 1 fully saturated rings. The molecule has 0 unspecified atom stereocenters. The van der Waals surface area contributed by atoms with Gasteiger partial charge in [0.05, 0.1) is 0 Å². The second-order valence-electron chi connectivity index (χ2n) is 5.19. The molecule has 0 saturated carbocycles. The second kappa shape index (κ2) is 10.0. The summed E-state index contributed by atoms with van der Waals surface area (Å²) in [5, 5.41) is 6.70. The summed E-state index contributed by atoms with van der Waals surface area (Å²) < 4.78 is 0. The maximum Gasteiger partial charge on any atom is 0.191 e. The Balaban J connectivity index is 2.23. The van der Waals surface area contributed by atoms with Crippen LogP contribution in [0.3, 0.4) is 0 Å². The maximum absolute atomic E-state index is 4.51. The molecule has 19 heavy (non-hydrogen) atoms. The summed E-state index contributed by atoms with van der Waals surface area (Å²) in [6, 6.07) is 0. The summed E-state index contributed by atoms with van der Waals surface area (Å²) in [6.45, 7) is 13.0. The third-order valence-electron chi connectivity index (χ3n) is 3.37. The number of guanidine groups is 1. The largest absolute Gasteiger partial charge is 0.357 e. The van der Waals surface area contributed by atoms with Crippen molar-refractivity contribution in [2.45, 2.75) is 26.7 Å². The lowest BCUT2D eigenvalue weighted by Gasteiger charge is -2.21. The molecule has 1 rings (SSSR count). The lowest BCUT2D eigenvalue weighted by molar-refractivity contribution is 0.280. The van der Waals surface area contributed by atoms with E-state index in [1.165, 1.54) is 32.6 Å². The van der Waals surface area contributed by atoms with Gasteiger partial charge in [0.1, 0.15) is 0 Å². The third-order valence-corrected chi connectivity index (χ3v) is 3.37. The number of aliphatic imine (C=N–C) groups is 1. The first-order chi connectivity index (χ1) is 9.26. The van der Waals surface area contributed by atoms with E-state index in [1.807, 2.05) is 0 Å². The molecule has 2 N–H and O–H groups in total. The highest BCUT2D eigenvalue weighted by atomic mass is 15.2. The minimum atomic E-state index is 0.893. The van der Waals surface area contributed by atoms with Crippen LogP contribution in [0.5, 0.6) is 0 Å². The van der Waals surface area contributed by atoms with Crippen LogP contribution in [-0.2, 0) is 0 Å². The molecule has 0 aliphatic carbocycles. The van der Waals surface area contributed by atoms with Crippen LogP contribution in [0.2, 0.25) is 0 Å². The van der Waals surface area contributed by atoms with Crippen LogP contribution in [0.15, 0.2) is 4.99 Å². The van der Waals surface area contributed by atoms with Crippen molar-refractivity contribution in [3.63, 3.8) is 0 Å². The van der Waals surface area contributed by atoms with E-state index in [9.17, 15) is 0 Å². The fourth-order valence-electron chi connectivity index (χ4n) is 2.22. The quantitative estimate of drug-likeness (QED) is 0.547. The van der Waals surface area contributed by atoms with Crippen LogP contribution < -0.4 is 10.6 Å². The molecule has 5 nitrogen and oxygen atoms in total. The second-order valence-corrected chi connectivity index (χ2v) is 5.19. The van der Waals surface area contributed by atoms with E-state index in [2.05, 4.69) is 46.3 Å². The molecular weight excluding hydrogens is 238 g/mol. The standard InChI is InChI=1S/C14H31N5/c1-4-7-16-14(15-5-2)17-8-11-19-10-6-9-18(3)12-13-19/h4-13H2,1-3H3,(H2,15,16,17). The highest BCUT2D eigenvalue weighted by Gasteiger charge is 2.11. The first kappa shape index (κ1) is 16.2. The summed E-state index contributed by atoms with van der Waals surface area (Å²) in [5.41, 5.74) is 0. The van der Waals surface area contributed by atoms with Crippen LogP contribution in [0.25, 0.3) is 0 Å². The Kier molecular flexibility index (Phi) is 8.58. The van der Waals surface area contributed by atoms with E-state index in [0.717, 1.165) is 38.6 Å². The molecule has 0 spiro atoms. The molecule has 112 valence electrons. The zero-order chi connectivity index (χ0) is 13.9. The summed E-state index contributed by atoms with van der Waals surface area (Å²) in [5.74, 6) is 0.955. The van der Waals surface area contributed by atoms with Gasteiger partial charge in [-0.15, -0.1) is 0 Å². The SMILES string of the molecule is CCCN=C(NCC)NCCN1CCCN(C)CC1. The van der Waals surface area contributed by atoms with Crippen molar-refractivity contribution in [2.75, 3.05) is 59.4 Å². The number of likely N-dealkylation sites (N-methyl/N-ethyl adjacent to an activating group) is 1. The Morgan fingerprint density at radius 1 is 1.11 bits per heavy atom. The average Bonchev–Trinajstić information content (AvgIpc) is 2.61.